The van der Waals surface area contributed by atoms with Crippen molar-refractivity contribution in [2.45, 2.75) is 25.8 Å². The van der Waals surface area contributed by atoms with Crippen molar-refractivity contribution in [3.63, 3.8) is 0 Å². The molecule has 20 heavy (non-hydrogen) atoms. The lowest BCUT2D eigenvalue weighted by molar-refractivity contribution is -0.118. The third-order valence-electron chi connectivity index (χ3n) is 2.61. The third-order valence-corrected chi connectivity index (χ3v) is 4.16. The second kappa shape index (κ2) is 7.16. The first kappa shape index (κ1) is 14.7. The molecular weight excluding hydrogens is 294 g/mol. The number of carbonyl (C=O) groups is 2. The lowest BCUT2D eigenvalue weighted by atomic mass is 10.1. The van der Waals surface area contributed by atoms with Crippen molar-refractivity contribution >= 4 is 39.6 Å². The van der Waals surface area contributed by atoms with Crippen LogP contribution in [-0.4, -0.2) is 22.8 Å². The summed E-state index contributed by atoms with van der Waals surface area (Å²) in [6.45, 7) is 1.97. The van der Waals surface area contributed by atoms with E-state index in [0.29, 0.717) is 16.4 Å². The van der Waals surface area contributed by atoms with Crippen LogP contribution in [0.5, 0.6) is 0 Å². The first-order chi connectivity index (χ1) is 9.70. The SMILES string of the molecule is CCC[C@H](NC(=O)c1cccs1)C(=O)Nc1nccs1. The van der Waals surface area contributed by atoms with Crippen LogP contribution in [0, 0.1) is 0 Å². The van der Waals surface area contributed by atoms with E-state index >= 15 is 0 Å². The van der Waals surface area contributed by atoms with Gasteiger partial charge in [0.05, 0.1) is 4.88 Å². The Balaban J connectivity index is 1.99. The van der Waals surface area contributed by atoms with Crippen LogP contribution in [0.15, 0.2) is 29.1 Å². The van der Waals surface area contributed by atoms with Gasteiger partial charge in [0.2, 0.25) is 5.91 Å². The Morgan fingerprint density at radius 2 is 2.20 bits per heavy atom. The van der Waals surface area contributed by atoms with Gasteiger partial charge in [-0.25, -0.2) is 4.98 Å². The van der Waals surface area contributed by atoms with E-state index in [0.717, 1.165) is 6.42 Å². The zero-order valence-electron chi connectivity index (χ0n) is 11.0. The Bertz CT molecular complexity index is 552. The largest absolute Gasteiger partial charge is 0.340 e. The van der Waals surface area contributed by atoms with Crippen LogP contribution >= 0.6 is 22.7 Å². The molecule has 0 saturated carbocycles. The molecule has 0 aliphatic heterocycles. The molecule has 2 aromatic heterocycles. The molecular formula is C13H15N3O2S2. The molecule has 0 bridgehead atoms. The van der Waals surface area contributed by atoms with Crippen molar-refractivity contribution in [3.8, 4) is 0 Å². The van der Waals surface area contributed by atoms with Gasteiger partial charge in [-0.3, -0.25) is 9.59 Å². The maximum absolute atomic E-state index is 12.1. The molecule has 106 valence electrons. The minimum absolute atomic E-state index is 0.215. The molecule has 2 heterocycles. The van der Waals surface area contributed by atoms with E-state index in [-0.39, 0.29) is 11.8 Å². The lowest BCUT2D eigenvalue weighted by Crippen LogP contribution is -2.43. The number of amides is 2. The lowest BCUT2D eigenvalue weighted by Gasteiger charge is -2.16. The summed E-state index contributed by atoms with van der Waals surface area (Å²) in [5.74, 6) is -0.445. The Kier molecular flexibility index (Phi) is 5.25. The highest BCUT2D eigenvalue weighted by molar-refractivity contribution is 7.13. The fourth-order valence-corrected chi connectivity index (χ4v) is 2.83. The number of nitrogens with one attached hydrogen (secondary N) is 2. The molecule has 0 spiro atoms. The van der Waals surface area contributed by atoms with E-state index in [2.05, 4.69) is 15.6 Å². The average Bonchev–Trinajstić information content (AvgIpc) is 3.10. The normalized spacial score (nSPS) is 11.8. The predicted octanol–water partition coefficient (Wildman–Crippen LogP) is 2.74. The average molecular weight is 309 g/mol. The highest BCUT2D eigenvalue weighted by Gasteiger charge is 2.21. The van der Waals surface area contributed by atoms with Crippen LogP contribution in [0.2, 0.25) is 0 Å². The minimum atomic E-state index is -0.543. The minimum Gasteiger partial charge on any atom is -0.340 e. The summed E-state index contributed by atoms with van der Waals surface area (Å²) >= 11 is 2.70. The smallest absolute Gasteiger partial charge is 0.261 e. The van der Waals surface area contributed by atoms with Crippen molar-refractivity contribution in [1.82, 2.24) is 10.3 Å². The number of hydrogen-bond acceptors (Lipinski definition) is 5. The van der Waals surface area contributed by atoms with Gasteiger partial charge in [-0.05, 0) is 17.9 Å². The summed E-state index contributed by atoms with van der Waals surface area (Å²) in [4.78, 5) is 28.8. The Morgan fingerprint density at radius 1 is 1.35 bits per heavy atom. The first-order valence-corrected chi connectivity index (χ1v) is 8.01. The topological polar surface area (TPSA) is 71.1 Å². The van der Waals surface area contributed by atoms with Gasteiger partial charge in [0.1, 0.15) is 6.04 Å². The number of anilines is 1. The van der Waals surface area contributed by atoms with Crippen molar-refractivity contribution in [3.05, 3.63) is 34.0 Å². The molecule has 2 aromatic rings. The summed E-state index contributed by atoms with van der Waals surface area (Å²) < 4.78 is 0. The molecule has 2 N–H and O–H groups in total. The van der Waals surface area contributed by atoms with Crippen LogP contribution in [0.1, 0.15) is 29.4 Å². The standard InChI is InChI=1S/C13H15N3O2S2/c1-2-4-9(11(17)16-13-14-6-8-20-13)15-12(18)10-5-3-7-19-10/h3,5-9H,2,4H2,1H3,(H,15,18)(H,14,16,17)/t9-/m0/s1. The summed E-state index contributed by atoms with van der Waals surface area (Å²) in [6, 6.07) is 3.00. The van der Waals surface area contributed by atoms with Crippen molar-refractivity contribution < 1.29 is 9.59 Å². The van der Waals surface area contributed by atoms with Crippen LogP contribution in [0.4, 0.5) is 5.13 Å². The van der Waals surface area contributed by atoms with Crippen LogP contribution in [0.25, 0.3) is 0 Å². The quantitative estimate of drug-likeness (QED) is 0.862. The van der Waals surface area contributed by atoms with E-state index in [4.69, 9.17) is 0 Å². The highest BCUT2D eigenvalue weighted by atomic mass is 32.1. The number of thiazole rings is 1. The molecule has 1 atom stereocenters. The first-order valence-electron chi connectivity index (χ1n) is 6.25. The predicted molar refractivity (Wildman–Crippen MR) is 81.2 cm³/mol. The summed E-state index contributed by atoms with van der Waals surface area (Å²) in [7, 11) is 0. The highest BCUT2D eigenvalue weighted by Crippen LogP contribution is 2.13. The molecule has 2 rings (SSSR count). The van der Waals surface area contributed by atoms with Gasteiger partial charge in [-0.15, -0.1) is 22.7 Å². The van der Waals surface area contributed by atoms with E-state index in [1.165, 1.54) is 22.7 Å². The molecule has 0 radical (unpaired) electrons. The fourth-order valence-electron chi connectivity index (χ4n) is 1.67. The van der Waals surface area contributed by atoms with Crippen molar-refractivity contribution in [2.75, 3.05) is 5.32 Å². The number of aromatic nitrogens is 1. The molecule has 0 aliphatic rings. The molecule has 7 heteroatoms. The Hall–Kier alpha value is -1.73. The van der Waals surface area contributed by atoms with E-state index in [1.807, 2.05) is 18.4 Å². The molecule has 2 amide bonds. The third kappa shape index (κ3) is 3.88. The summed E-state index contributed by atoms with van der Waals surface area (Å²) in [6.07, 6.45) is 3.02. The second-order valence-electron chi connectivity index (χ2n) is 4.12. The second-order valence-corrected chi connectivity index (χ2v) is 5.96. The van der Waals surface area contributed by atoms with Crippen molar-refractivity contribution in [1.29, 1.82) is 0 Å². The van der Waals surface area contributed by atoms with Crippen LogP contribution in [0.3, 0.4) is 0 Å². The van der Waals surface area contributed by atoms with Crippen LogP contribution < -0.4 is 10.6 Å². The number of nitrogens with zero attached hydrogens (tertiary/aromatic N) is 1. The zero-order chi connectivity index (χ0) is 14.4. The van der Waals surface area contributed by atoms with Gasteiger partial charge in [0.25, 0.3) is 5.91 Å². The summed E-state index contributed by atoms with van der Waals surface area (Å²) in [5.41, 5.74) is 0. The Labute approximate surface area is 125 Å². The van der Waals surface area contributed by atoms with Gasteiger partial charge >= 0.3 is 0 Å². The van der Waals surface area contributed by atoms with Gasteiger partial charge in [-0.2, -0.15) is 0 Å². The van der Waals surface area contributed by atoms with E-state index in [1.54, 1.807) is 17.6 Å². The number of thiophene rings is 1. The maximum atomic E-state index is 12.1. The number of rotatable bonds is 6. The van der Waals surface area contributed by atoms with Gasteiger partial charge < -0.3 is 10.6 Å². The van der Waals surface area contributed by atoms with Crippen molar-refractivity contribution in [2.24, 2.45) is 0 Å². The monoisotopic (exact) mass is 309 g/mol. The van der Waals surface area contributed by atoms with E-state index < -0.39 is 6.04 Å². The Morgan fingerprint density at radius 3 is 2.80 bits per heavy atom. The molecule has 0 unspecified atom stereocenters. The summed E-state index contributed by atoms with van der Waals surface area (Å²) in [5, 5.41) is 9.65. The van der Waals surface area contributed by atoms with E-state index in [9.17, 15) is 9.59 Å². The van der Waals surface area contributed by atoms with Gasteiger partial charge in [0, 0.05) is 11.6 Å². The van der Waals surface area contributed by atoms with Gasteiger partial charge in [-0.1, -0.05) is 19.4 Å². The number of hydrogen-bond donors (Lipinski definition) is 2. The molecule has 5 nitrogen and oxygen atoms in total. The molecule has 0 aliphatic carbocycles. The van der Waals surface area contributed by atoms with Gasteiger partial charge in [0.15, 0.2) is 5.13 Å². The fraction of sp³-hybridized carbons (Fsp3) is 0.308. The van der Waals surface area contributed by atoms with Crippen LogP contribution in [-0.2, 0) is 4.79 Å². The maximum Gasteiger partial charge on any atom is 0.261 e. The molecule has 0 aromatic carbocycles. The zero-order valence-corrected chi connectivity index (χ0v) is 12.6. The number of carbonyl (C=O) groups excluding carboxylic acids is 2. The molecule has 0 saturated heterocycles. The molecule has 0 fully saturated rings.